The molecule has 0 aliphatic carbocycles. The third-order valence-electron chi connectivity index (χ3n) is 2.98. The second-order valence-electron chi connectivity index (χ2n) is 4.29. The molecule has 1 N–H and O–H groups in total. The second kappa shape index (κ2) is 6.06. The zero-order chi connectivity index (χ0) is 12.8. The Balaban J connectivity index is 2.18. The third kappa shape index (κ3) is 3.01. The fourth-order valence-corrected chi connectivity index (χ4v) is 2.00. The number of nitrogens with zero attached hydrogens (tertiary/aromatic N) is 2. The molecule has 18 heavy (non-hydrogen) atoms. The van der Waals surface area contributed by atoms with Gasteiger partial charge in [0.05, 0.1) is 24.4 Å². The first-order valence-corrected chi connectivity index (χ1v) is 6.22. The van der Waals surface area contributed by atoms with Crippen molar-refractivity contribution in [3.63, 3.8) is 0 Å². The van der Waals surface area contributed by atoms with Crippen molar-refractivity contribution in [2.75, 3.05) is 19.0 Å². The van der Waals surface area contributed by atoms with Crippen molar-refractivity contribution in [3.05, 3.63) is 23.8 Å². The number of aliphatic imine (C=N–C) groups is 1. The summed E-state index contributed by atoms with van der Waals surface area (Å²) >= 11 is 0. The van der Waals surface area contributed by atoms with E-state index in [2.05, 4.69) is 16.4 Å². The number of nitrogens with one attached hydrogen (secondary N) is 1. The number of hydrogen-bond donors (Lipinski definition) is 1. The molecule has 1 aromatic carbocycles. The summed E-state index contributed by atoms with van der Waals surface area (Å²) in [5, 5.41) is 12.2. The molecular formula is C14H17N3O. The standard InChI is InChI=1S/C14H17N3O/c1-18-13-9-11(10-15)6-7-12(13)17-14-5-3-2-4-8-16-14/h6-7,9H,2-5,8H2,1H3,(H,16,17). The van der Waals surface area contributed by atoms with E-state index in [4.69, 9.17) is 10.00 Å². The van der Waals surface area contributed by atoms with E-state index < -0.39 is 0 Å². The Bertz CT molecular complexity index is 488. The number of amidine groups is 1. The SMILES string of the molecule is COc1cc(C#N)ccc1NC1=NCCCCC1. The molecule has 0 saturated carbocycles. The normalized spacial score (nSPS) is 15.2. The highest BCUT2D eigenvalue weighted by Crippen LogP contribution is 2.26. The van der Waals surface area contributed by atoms with Gasteiger partial charge in [-0.3, -0.25) is 4.99 Å². The lowest BCUT2D eigenvalue weighted by Crippen LogP contribution is -2.12. The summed E-state index contributed by atoms with van der Waals surface area (Å²) in [6.07, 6.45) is 4.54. The first-order chi connectivity index (χ1) is 8.83. The predicted octanol–water partition coefficient (Wildman–Crippen LogP) is 2.95. The van der Waals surface area contributed by atoms with E-state index in [0.29, 0.717) is 11.3 Å². The topological polar surface area (TPSA) is 57.4 Å². The molecule has 1 aromatic rings. The van der Waals surface area contributed by atoms with Gasteiger partial charge in [0, 0.05) is 19.0 Å². The smallest absolute Gasteiger partial charge is 0.143 e. The van der Waals surface area contributed by atoms with Crippen molar-refractivity contribution in [2.24, 2.45) is 4.99 Å². The monoisotopic (exact) mass is 243 g/mol. The molecular weight excluding hydrogens is 226 g/mol. The maximum atomic E-state index is 8.86. The minimum absolute atomic E-state index is 0.597. The Morgan fingerprint density at radius 1 is 1.33 bits per heavy atom. The number of anilines is 1. The molecule has 0 fully saturated rings. The average molecular weight is 243 g/mol. The van der Waals surface area contributed by atoms with Crippen molar-refractivity contribution in [3.8, 4) is 11.8 Å². The fourth-order valence-electron chi connectivity index (χ4n) is 2.00. The minimum atomic E-state index is 0.597. The summed E-state index contributed by atoms with van der Waals surface area (Å²) in [5.74, 6) is 1.69. The van der Waals surface area contributed by atoms with Crippen LogP contribution >= 0.6 is 0 Å². The summed E-state index contributed by atoms with van der Waals surface area (Å²) in [5.41, 5.74) is 1.47. The summed E-state index contributed by atoms with van der Waals surface area (Å²) in [6.45, 7) is 0.890. The van der Waals surface area contributed by atoms with Crippen molar-refractivity contribution in [1.82, 2.24) is 0 Å². The molecule has 94 valence electrons. The number of ether oxygens (including phenoxy) is 1. The van der Waals surface area contributed by atoms with E-state index in [9.17, 15) is 0 Å². The van der Waals surface area contributed by atoms with Crippen LogP contribution in [0.5, 0.6) is 5.75 Å². The van der Waals surface area contributed by atoms with Gasteiger partial charge in [0.1, 0.15) is 11.6 Å². The molecule has 0 spiro atoms. The Morgan fingerprint density at radius 3 is 3.00 bits per heavy atom. The molecule has 4 nitrogen and oxygen atoms in total. The number of methoxy groups -OCH3 is 1. The Hall–Kier alpha value is -2.02. The lowest BCUT2D eigenvalue weighted by molar-refractivity contribution is 0.416. The molecule has 0 saturated heterocycles. The van der Waals surface area contributed by atoms with Crippen LogP contribution in [0.1, 0.15) is 31.2 Å². The number of nitriles is 1. The van der Waals surface area contributed by atoms with Gasteiger partial charge in [-0.15, -0.1) is 0 Å². The van der Waals surface area contributed by atoms with Crippen LogP contribution < -0.4 is 10.1 Å². The van der Waals surface area contributed by atoms with Gasteiger partial charge < -0.3 is 10.1 Å². The van der Waals surface area contributed by atoms with Crippen molar-refractivity contribution in [2.45, 2.75) is 25.7 Å². The maximum Gasteiger partial charge on any atom is 0.143 e. The molecule has 0 radical (unpaired) electrons. The van der Waals surface area contributed by atoms with Gasteiger partial charge in [-0.05, 0) is 25.0 Å². The lowest BCUT2D eigenvalue weighted by atomic mass is 10.2. The fraction of sp³-hybridized carbons (Fsp3) is 0.429. The second-order valence-corrected chi connectivity index (χ2v) is 4.29. The zero-order valence-corrected chi connectivity index (χ0v) is 10.6. The summed E-state index contributed by atoms with van der Waals surface area (Å²) < 4.78 is 5.29. The van der Waals surface area contributed by atoms with Gasteiger partial charge >= 0.3 is 0 Å². The van der Waals surface area contributed by atoms with Crippen LogP contribution in [0.3, 0.4) is 0 Å². The molecule has 0 amide bonds. The van der Waals surface area contributed by atoms with E-state index in [1.165, 1.54) is 12.8 Å². The first-order valence-electron chi connectivity index (χ1n) is 6.22. The van der Waals surface area contributed by atoms with E-state index in [1.54, 1.807) is 19.2 Å². The van der Waals surface area contributed by atoms with Crippen LogP contribution in [0.2, 0.25) is 0 Å². The van der Waals surface area contributed by atoms with Gasteiger partial charge in [-0.2, -0.15) is 5.26 Å². The highest BCUT2D eigenvalue weighted by atomic mass is 16.5. The molecule has 1 heterocycles. The molecule has 0 aromatic heterocycles. The summed E-state index contributed by atoms with van der Waals surface area (Å²) in [4.78, 5) is 4.52. The number of hydrogen-bond acceptors (Lipinski definition) is 4. The minimum Gasteiger partial charge on any atom is -0.495 e. The van der Waals surface area contributed by atoms with E-state index >= 15 is 0 Å². The molecule has 2 rings (SSSR count). The van der Waals surface area contributed by atoms with E-state index in [-0.39, 0.29) is 0 Å². The number of rotatable bonds is 2. The van der Waals surface area contributed by atoms with Crippen LogP contribution in [0.15, 0.2) is 23.2 Å². The average Bonchev–Trinajstić information content (AvgIpc) is 2.68. The van der Waals surface area contributed by atoms with E-state index in [1.807, 2.05) is 6.07 Å². The molecule has 0 unspecified atom stereocenters. The predicted molar refractivity (Wildman–Crippen MR) is 72.1 cm³/mol. The van der Waals surface area contributed by atoms with Gasteiger partial charge in [0.15, 0.2) is 0 Å². The Labute approximate surface area is 107 Å². The quantitative estimate of drug-likeness (QED) is 0.868. The van der Waals surface area contributed by atoms with Crippen molar-refractivity contribution < 1.29 is 4.74 Å². The zero-order valence-electron chi connectivity index (χ0n) is 10.6. The molecule has 1 aliphatic heterocycles. The van der Waals surface area contributed by atoms with Crippen LogP contribution in [0.25, 0.3) is 0 Å². The van der Waals surface area contributed by atoms with Gasteiger partial charge in [0.25, 0.3) is 0 Å². The molecule has 0 atom stereocenters. The lowest BCUT2D eigenvalue weighted by Gasteiger charge is -2.12. The van der Waals surface area contributed by atoms with Gasteiger partial charge in [-0.1, -0.05) is 6.42 Å². The third-order valence-corrected chi connectivity index (χ3v) is 2.98. The maximum absolute atomic E-state index is 8.86. The number of benzene rings is 1. The molecule has 4 heteroatoms. The van der Waals surface area contributed by atoms with Crippen LogP contribution in [-0.4, -0.2) is 19.5 Å². The highest BCUT2D eigenvalue weighted by Gasteiger charge is 2.08. The largest absolute Gasteiger partial charge is 0.495 e. The summed E-state index contributed by atoms with van der Waals surface area (Å²) in [7, 11) is 1.61. The van der Waals surface area contributed by atoms with Crippen molar-refractivity contribution >= 4 is 11.5 Å². The van der Waals surface area contributed by atoms with Crippen LogP contribution in [0, 0.1) is 11.3 Å². The van der Waals surface area contributed by atoms with Crippen LogP contribution in [-0.2, 0) is 0 Å². The Kier molecular flexibility index (Phi) is 4.19. The summed E-state index contributed by atoms with van der Waals surface area (Å²) in [6, 6.07) is 7.49. The first kappa shape index (κ1) is 12.4. The van der Waals surface area contributed by atoms with Crippen molar-refractivity contribution in [1.29, 1.82) is 5.26 Å². The Morgan fingerprint density at radius 2 is 2.22 bits per heavy atom. The highest BCUT2D eigenvalue weighted by molar-refractivity contribution is 5.96. The molecule has 1 aliphatic rings. The van der Waals surface area contributed by atoms with Gasteiger partial charge in [-0.25, -0.2) is 0 Å². The van der Waals surface area contributed by atoms with Gasteiger partial charge in [0.2, 0.25) is 0 Å². The van der Waals surface area contributed by atoms with E-state index in [0.717, 1.165) is 30.9 Å². The molecule has 0 bridgehead atoms. The van der Waals surface area contributed by atoms with Crippen LogP contribution in [0.4, 0.5) is 5.69 Å².